The van der Waals surface area contributed by atoms with Crippen molar-refractivity contribution in [2.45, 2.75) is 99.3 Å². The van der Waals surface area contributed by atoms with Gasteiger partial charge in [0.05, 0.1) is 11.3 Å². The number of hydrazone groups is 1. The molecule has 3 aromatic carbocycles. The van der Waals surface area contributed by atoms with Gasteiger partial charge in [-0.15, -0.1) is 15.0 Å². The number of nitrogens with zero attached hydrogens (tertiary/aromatic N) is 6. The van der Waals surface area contributed by atoms with Gasteiger partial charge in [0.15, 0.2) is 0 Å². The third-order valence-corrected chi connectivity index (χ3v) is 9.47. The normalized spacial score (nSPS) is 14.8. The van der Waals surface area contributed by atoms with Gasteiger partial charge in [-0.3, -0.25) is 5.01 Å². The second-order valence-electron chi connectivity index (χ2n) is 17.8. The summed E-state index contributed by atoms with van der Waals surface area (Å²) in [4.78, 5) is 1.60. The van der Waals surface area contributed by atoms with Gasteiger partial charge < -0.3 is 5.11 Å². The van der Waals surface area contributed by atoms with Crippen LogP contribution < -0.4 is 5.01 Å². The number of aromatic nitrogens is 3. The van der Waals surface area contributed by atoms with Crippen LogP contribution in [0.3, 0.4) is 0 Å². The van der Waals surface area contributed by atoms with Gasteiger partial charge in [0, 0.05) is 19.0 Å². The number of fused-ring (bicyclic) bond motifs is 1. The molecule has 0 amide bonds. The summed E-state index contributed by atoms with van der Waals surface area (Å²) in [5.41, 5.74) is 8.14. The molecule has 0 saturated heterocycles. The van der Waals surface area contributed by atoms with Gasteiger partial charge in [0.25, 0.3) is 0 Å². The van der Waals surface area contributed by atoms with Crippen LogP contribution in [0.15, 0.2) is 90.1 Å². The zero-order valence-corrected chi connectivity index (χ0v) is 32.4. The van der Waals surface area contributed by atoms with Crippen LogP contribution >= 0.6 is 0 Å². The maximum absolute atomic E-state index is 12.1. The molecule has 0 unspecified atom stereocenters. The molecular formula is C44H54N6O. The van der Waals surface area contributed by atoms with Crippen molar-refractivity contribution in [3.63, 3.8) is 0 Å². The third kappa shape index (κ3) is 8.51. The molecule has 1 aliphatic rings. The summed E-state index contributed by atoms with van der Waals surface area (Å²) in [5, 5.41) is 39.1. The highest BCUT2D eigenvalue weighted by Crippen LogP contribution is 2.43. The standard InChI is InChI=1S/C44H54N6O/c1-29-17-13-14-18-35(29)46-49(12)39-25-33(44(10,11)28-42(5,6)7)23-31(40(39)51)21-30-22-32(43(8,9)27-41(2,3)4)24-38(34(30)26-45)50-47-36-19-15-16-20-37(36)48-50/h13-20,22-25,51H,1,21,27-28H2,2-12H3/b46-35-. The summed E-state index contributed by atoms with van der Waals surface area (Å²) < 4.78 is 0. The number of rotatable bonds is 9. The first kappa shape index (κ1) is 37.3. The van der Waals surface area contributed by atoms with Gasteiger partial charge in [-0.05, 0) is 87.1 Å². The van der Waals surface area contributed by atoms with Crippen LogP contribution in [-0.2, 0) is 17.3 Å². The van der Waals surface area contributed by atoms with Crippen molar-refractivity contribution in [3.05, 3.63) is 113 Å². The van der Waals surface area contributed by atoms with Crippen molar-refractivity contribution in [1.82, 2.24) is 15.0 Å². The monoisotopic (exact) mass is 682 g/mol. The molecule has 0 spiro atoms. The first-order valence-electron chi connectivity index (χ1n) is 17.8. The van der Waals surface area contributed by atoms with Crippen LogP contribution in [-0.4, -0.2) is 32.9 Å². The smallest absolute Gasteiger partial charge is 0.144 e. The number of aromatic hydroxyl groups is 1. The van der Waals surface area contributed by atoms with E-state index in [1.54, 1.807) is 9.81 Å². The van der Waals surface area contributed by atoms with Crippen molar-refractivity contribution < 1.29 is 5.11 Å². The summed E-state index contributed by atoms with van der Waals surface area (Å²) in [7, 11) is 1.86. The minimum absolute atomic E-state index is 0.0667. The molecule has 1 aromatic heterocycles. The Morgan fingerprint density at radius 3 is 1.86 bits per heavy atom. The van der Waals surface area contributed by atoms with Crippen molar-refractivity contribution in [3.8, 4) is 17.5 Å². The number of phenolic OH excluding ortho intramolecular Hbond substituents is 1. The number of benzene rings is 3. The van der Waals surface area contributed by atoms with Crippen molar-refractivity contribution in [1.29, 1.82) is 5.26 Å². The van der Waals surface area contributed by atoms with Gasteiger partial charge in [-0.1, -0.05) is 118 Å². The predicted molar refractivity (Wildman–Crippen MR) is 212 cm³/mol. The maximum atomic E-state index is 12.1. The fraction of sp³-hybridized carbons (Fsp3) is 0.409. The Bertz CT molecular complexity index is 2070. The lowest BCUT2D eigenvalue weighted by Crippen LogP contribution is -2.26. The highest BCUT2D eigenvalue weighted by Gasteiger charge is 2.32. The molecule has 1 aliphatic carbocycles. The molecule has 0 atom stereocenters. The number of nitriles is 1. The Morgan fingerprint density at radius 2 is 1.33 bits per heavy atom. The summed E-state index contributed by atoms with van der Waals surface area (Å²) >= 11 is 0. The molecule has 4 aromatic rings. The van der Waals surface area contributed by atoms with E-state index in [0.717, 1.165) is 57.4 Å². The molecule has 0 fully saturated rings. The highest BCUT2D eigenvalue weighted by molar-refractivity contribution is 6.11. The molecule has 0 saturated carbocycles. The summed E-state index contributed by atoms with van der Waals surface area (Å²) in [6.45, 7) is 26.7. The number of hydrogen-bond acceptors (Lipinski definition) is 6. The molecular weight excluding hydrogens is 629 g/mol. The van der Waals surface area contributed by atoms with Gasteiger partial charge in [-0.25, -0.2) is 0 Å². The summed E-state index contributed by atoms with van der Waals surface area (Å²) in [6.07, 6.45) is 9.89. The SMILES string of the molecule is C=C1C=CC=C/C1=N/N(C)c1cc(C(C)(C)CC(C)(C)C)cc(Cc2cc(C(C)(C)CC(C)(C)C)cc(-n3nc4ccccc4n3)c2C#N)c1O. The molecule has 5 rings (SSSR count). The lowest BCUT2D eigenvalue weighted by molar-refractivity contribution is 0.283. The van der Waals surface area contributed by atoms with Gasteiger partial charge in [-0.2, -0.15) is 10.4 Å². The van der Waals surface area contributed by atoms with Crippen LogP contribution in [0.2, 0.25) is 0 Å². The van der Waals surface area contributed by atoms with Crippen LogP contribution in [0.5, 0.6) is 5.75 Å². The molecule has 0 bridgehead atoms. The fourth-order valence-electron chi connectivity index (χ4n) is 7.80. The van der Waals surface area contributed by atoms with Gasteiger partial charge in [0.2, 0.25) is 0 Å². The molecule has 1 N–H and O–H groups in total. The minimum Gasteiger partial charge on any atom is -0.505 e. The van der Waals surface area contributed by atoms with Crippen LogP contribution in [0.4, 0.5) is 5.69 Å². The lowest BCUT2D eigenvalue weighted by atomic mass is 9.71. The third-order valence-electron chi connectivity index (χ3n) is 9.47. The molecule has 7 nitrogen and oxygen atoms in total. The molecule has 51 heavy (non-hydrogen) atoms. The Hall–Kier alpha value is -4.96. The largest absolute Gasteiger partial charge is 0.505 e. The zero-order chi connectivity index (χ0) is 37.5. The van der Waals surface area contributed by atoms with Crippen molar-refractivity contribution in [2.24, 2.45) is 15.9 Å². The number of hydrogen-bond donors (Lipinski definition) is 1. The molecule has 7 heteroatoms. The Balaban J connectivity index is 1.74. The van der Waals surface area contributed by atoms with Gasteiger partial charge >= 0.3 is 0 Å². The van der Waals surface area contributed by atoms with Gasteiger partial charge in [0.1, 0.15) is 34.2 Å². The van der Waals surface area contributed by atoms with Crippen molar-refractivity contribution in [2.75, 3.05) is 12.1 Å². The molecule has 0 radical (unpaired) electrons. The highest BCUT2D eigenvalue weighted by atomic mass is 16.3. The minimum atomic E-state index is -0.229. The van der Waals surface area contributed by atoms with Crippen molar-refractivity contribution >= 4 is 22.4 Å². The van der Waals surface area contributed by atoms with E-state index in [0.29, 0.717) is 23.4 Å². The van der Waals surface area contributed by atoms with Crippen LogP contribution in [0, 0.1) is 22.2 Å². The predicted octanol–water partition coefficient (Wildman–Crippen LogP) is 10.5. The van der Waals surface area contributed by atoms with E-state index in [1.165, 1.54) is 0 Å². The number of phenols is 1. The van der Waals surface area contributed by atoms with Crippen LogP contribution in [0.25, 0.3) is 16.7 Å². The average molecular weight is 683 g/mol. The Kier molecular flexibility index (Phi) is 9.97. The summed E-state index contributed by atoms with van der Waals surface area (Å²) in [6, 6.07) is 18.6. The van der Waals surface area contributed by atoms with Crippen LogP contribution in [0.1, 0.15) is 110 Å². The topological polar surface area (TPSA) is 90.3 Å². The number of anilines is 1. The molecule has 0 aliphatic heterocycles. The lowest BCUT2D eigenvalue weighted by Gasteiger charge is -2.34. The zero-order valence-electron chi connectivity index (χ0n) is 32.4. The first-order chi connectivity index (χ1) is 23.7. The van der Waals surface area contributed by atoms with E-state index in [-0.39, 0.29) is 27.4 Å². The first-order valence-corrected chi connectivity index (χ1v) is 17.8. The summed E-state index contributed by atoms with van der Waals surface area (Å²) in [5.74, 6) is 0.130. The average Bonchev–Trinajstić information content (AvgIpc) is 3.44. The molecule has 1 heterocycles. The van der Waals surface area contributed by atoms with E-state index in [9.17, 15) is 10.4 Å². The second-order valence-corrected chi connectivity index (χ2v) is 17.8. The number of allylic oxidation sites excluding steroid dienone is 5. The van der Waals surface area contributed by atoms with E-state index in [1.807, 2.05) is 55.6 Å². The quantitative estimate of drug-likeness (QED) is 0.177. The second kappa shape index (κ2) is 13.6. The fourth-order valence-corrected chi connectivity index (χ4v) is 7.80. The maximum Gasteiger partial charge on any atom is 0.144 e. The van der Waals surface area contributed by atoms with E-state index >= 15 is 0 Å². The van der Waals surface area contributed by atoms with E-state index in [4.69, 9.17) is 15.3 Å². The Morgan fingerprint density at radius 1 is 0.804 bits per heavy atom. The molecule has 266 valence electrons. The Labute approximate surface area is 304 Å². The van der Waals surface area contributed by atoms with E-state index in [2.05, 4.69) is 106 Å². The van der Waals surface area contributed by atoms with E-state index < -0.39 is 0 Å².